The Balaban J connectivity index is 2.95. The lowest BCUT2D eigenvalue weighted by molar-refractivity contribution is -0.513. The molecule has 1 aromatic carbocycles. The van der Waals surface area contributed by atoms with Crippen molar-refractivity contribution in [1.29, 1.82) is 0 Å². The molecule has 0 aliphatic carbocycles. The van der Waals surface area contributed by atoms with E-state index < -0.39 is 28.9 Å². The summed E-state index contributed by atoms with van der Waals surface area (Å²) >= 11 is 0. The highest BCUT2D eigenvalue weighted by molar-refractivity contribution is 6.25. The first-order valence-electron chi connectivity index (χ1n) is 6.73. The van der Waals surface area contributed by atoms with Crippen LogP contribution in [0.15, 0.2) is 35.9 Å². The van der Waals surface area contributed by atoms with Crippen LogP contribution in [0, 0.1) is 6.92 Å². The summed E-state index contributed by atoms with van der Waals surface area (Å²) in [5.41, 5.74) is -0.490. The van der Waals surface area contributed by atoms with Gasteiger partial charge in [0.05, 0.1) is 5.60 Å². The highest BCUT2D eigenvalue weighted by Gasteiger charge is 2.25. The maximum atomic E-state index is 12.3. The van der Waals surface area contributed by atoms with E-state index in [1.807, 2.05) is 0 Å². The molecule has 0 heterocycles. The number of aryl methyl sites for hydroxylation is 1. The summed E-state index contributed by atoms with van der Waals surface area (Å²) in [6.07, 6.45) is 0.466. The summed E-state index contributed by atoms with van der Waals surface area (Å²) in [4.78, 5) is 44.1. The molecule has 1 aromatic rings. The van der Waals surface area contributed by atoms with Crippen LogP contribution in [0.3, 0.4) is 0 Å². The smallest absolute Gasteiger partial charge is 0.380 e. The monoisotopic (exact) mass is 322 g/mol. The number of carboxylic acid groups (broad SMARTS) is 1. The molecule has 23 heavy (non-hydrogen) atoms. The molecule has 0 bridgehead atoms. The normalized spacial score (nSPS) is 11.9. The fourth-order valence-corrected chi connectivity index (χ4v) is 1.48. The molecule has 1 N–H and O–H groups in total. The molecule has 0 saturated carbocycles. The molecule has 0 spiro atoms. The lowest BCUT2D eigenvalue weighted by Crippen LogP contribution is -2.23. The minimum atomic E-state index is -1.46. The van der Waals surface area contributed by atoms with Crippen molar-refractivity contribution in [2.75, 3.05) is 0 Å². The van der Waals surface area contributed by atoms with Crippen LogP contribution in [-0.4, -0.2) is 28.4 Å². The Morgan fingerprint density at radius 3 is 2.35 bits per heavy atom. The number of rotatable bonds is 6. The SMILES string of the molecule is Cc1cccc(C(=O)C(=CC(=O)O)C(=O)OOOC(C)(C)C)c1. The van der Waals surface area contributed by atoms with Crippen molar-refractivity contribution in [3.8, 4) is 0 Å². The first kappa shape index (κ1) is 18.5. The average molecular weight is 322 g/mol. The number of hydrogen-bond acceptors (Lipinski definition) is 6. The Kier molecular flexibility index (Phi) is 6.18. The Labute approximate surface area is 133 Å². The molecular weight excluding hydrogens is 304 g/mol. The quantitative estimate of drug-likeness (QED) is 0.214. The molecule has 1 rings (SSSR count). The van der Waals surface area contributed by atoms with Crippen LogP contribution in [0.5, 0.6) is 0 Å². The summed E-state index contributed by atoms with van der Waals surface area (Å²) in [5.74, 6) is -3.52. The van der Waals surface area contributed by atoms with Gasteiger partial charge in [0.15, 0.2) is 0 Å². The number of Topliss-reactive ketones (excluding diaryl/α,β-unsaturated/α-hetero) is 1. The predicted molar refractivity (Wildman–Crippen MR) is 79.2 cm³/mol. The summed E-state index contributed by atoms with van der Waals surface area (Å²) in [6.45, 7) is 6.70. The van der Waals surface area contributed by atoms with Crippen molar-refractivity contribution in [3.63, 3.8) is 0 Å². The topological polar surface area (TPSA) is 99.1 Å². The molecule has 7 heteroatoms. The second-order valence-electron chi connectivity index (χ2n) is 5.73. The van der Waals surface area contributed by atoms with Gasteiger partial charge in [-0.05, 0) is 38.8 Å². The number of aliphatic carboxylic acids is 1. The summed E-state index contributed by atoms with van der Waals surface area (Å²) in [5, 5.41) is 13.1. The fraction of sp³-hybridized carbons (Fsp3) is 0.312. The molecular formula is C16H18O7. The number of carboxylic acids is 1. The van der Waals surface area contributed by atoms with E-state index in [1.54, 1.807) is 39.8 Å². The van der Waals surface area contributed by atoms with Gasteiger partial charge >= 0.3 is 11.9 Å². The molecule has 7 nitrogen and oxygen atoms in total. The van der Waals surface area contributed by atoms with Gasteiger partial charge in [0.2, 0.25) is 5.78 Å². The summed E-state index contributed by atoms with van der Waals surface area (Å²) < 4.78 is 0. The molecule has 0 saturated heterocycles. The van der Waals surface area contributed by atoms with E-state index in [1.165, 1.54) is 12.1 Å². The van der Waals surface area contributed by atoms with Crippen molar-refractivity contribution >= 4 is 17.7 Å². The van der Waals surface area contributed by atoms with Gasteiger partial charge in [-0.25, -0.2) is 9.59 Å². The molecule has 0 aromatic heterocycles. The molecule has 0 aliphatic heterocycles. The van der Waals surface area contributed by atoms with Crippen LogP contribution >= 0.6 is 0 Å². The first-order valence-corrected chi connectivity index (χ1v) is 6.73. The minimum Gasteiger partial charge on any atom is -0.478 e. The molecule has 0 amide bonds. The van der Waals surface area contributed by atoms with Crippen molar-refractivity contribution in [2.24, 2.45) is 0 Å². The van der Waals surface area contributed by atoms with Crippen LogP contribution in [0.1, 0.15) is 36.7 Å². The third kappa shape index (κ3) is 6.41. The second kappa shape index (κ2) is 7.66. The Morgan fingerprint density at radius 1 is 1.17 bits per heavy atom. The van der Waals surface area contributed by atoms with Gasteiger partial charge in [-0.15, -0.1) is 0 Å². The van der Waals surface area contributed by atoms with Crippen LogP contribution in [0.2, 0.25) is 0 Å². The number of carbonyl (C=O) groups excluding carboxylic acids is 2. The van der Waals surface area contributed by atoms with Crippen molar-refractivity contribution in [3.05, 3.63) is 47.0 Å². The summed E-state index contributed by atoms with van der Waals surface area (Å²) in [7, 11) is 0. The predicted octanol–water partition coefficient (Wildman–Crippen LogP) is 2.39. The zero-order valence-electron chi connectivity index (χ0n) is 13.3. The van der Waals surface area contributed by atoms with Crippen LogP contribution < -0.4 is 0 Å². The van der Waals surface area contributed by atoms with Crippen molar-refractivity contribution in [2.45, 2.75) is 33.3 Å². The third-order valence-electron chi connectivity index (χ3n) is 2.41. The van der Waals surface area contributed by atoms with Gasteiger partial charge in [-0.1, -0.05) is 23.8 Å². The van der Waals surface area contributed by atoms with Crippen LogP contribution in [-0.2, 0) is 24.4 Å². The highest BCUT2D eigenvalue weighted by atomic mass is 17.5. The van der Waals surface area contributed by atoms with Crippen LogP contribution in [0.4, 0.5) is 0 Å². The molecule has 124 valence electrons. The highest BCUT2D eigenvalue weighted by Crippen LogP contribution is 2.14. The van der Waals surface area contributed by atoms with E-state index in [-0.39, 0.29) is 5.56 Å². The lowest BCUT2D eigenvalue weighted by atomic mass is 10.0. The molecule has 0 fully saturated rings. The van der Waals surface area contributed by atoms with Crippen molar-refractivity contribution in [1.82, 2.24) is 0 Å². The molecule has 0 atom stereocenters. The average Bonchev–Trinajstić information content (AvgIpc) is 2.42. The van der Waals surface area contributed by atoms with E-state index in [0.717, 1.165) is 5.56 Å². The summed E-state index contributed by atoms with van der Waals surface area (Å²) in [6, 6.07) is 6.37. The van der Waals surface area contributed by atoms with E-state index >= 15 is 0 Å². The molecule has 0 unspecified atom stereocenters. The standard InChI is InChI=1S/C16H18O7/c1-10-6-5-7-11(8-10)14(19)12(9-13(17)18)15(20)21-23-22-16(2,3)4/h5-9H,1-4H3,(H,17,18). The minimum absolute atomic E-state index is 0.159. The maximum Gasteiger partial charge on any atom is 0.380 e. The maximum absolute atomic E-state index is 12.3. The van der Waals surface area contributed by atoms with Gasteiger partial charge in [-0.2, -0.15) is 4.89 Å². The van der Waals surface area contributed by atoms with Gasteiger partial charge in [0, 0.05) is 11.6 Å². The number of carbonyl (C=O) groups is 3. The van der Waals surface area contributed by atoms with Gasteiger partial charge in [0.1, 0.15) is 5.57 Å². The van der Waals surface area contributed by atoms with E-state index in [4.69, 9.17) is 9.99 Å². The first-order chi connectivity index (χ1) is 10.6. The third-order valence-corrected chi connectivity index (χ3v) is 2.41. The molecule has 0 radical (unpaired) electrons. The molecule has 0 aliphatic rings. The Hall–Kier alpha value is -2.51. The zero-order chi connectivity index (χ0) is 17.6. The second-order valence-corrected chi connectivity index (χ2v) is 5.73. The van der Waals surface area contributed by atoms with Crippen molar-refractivity contribution < 1.29 is 34.3 Å². The largest absolute Gasteiger partial charge is 0.478 e. The van der Waals surface area contributed by atoms with E-state index in [9.17, 15) is 14.4 Å². The Bertz CT molecular complexity index is 638. The van der Waals surface area contributed by atoms with Gasteiger partial charge < -0.3 is 5.11 Å². The van der Waals surface area contributed by atoms with Gasteiger partial charge in [-0.3, -0.25) is 9.68 Å². The van der Waals surface area contributed by atoms with E-state index in [2.05, 4.69) is 9.93 Å². The number of hydrogen-bond donors (Lipinski definition) is 1. The number of benzene rings is 1. The zero-order valence-corrected chi connectivity index (χ0v) is 13.3. The van der Waals surface area contributed by atoms with Gasteiger partial charge in [0.25, 0.3) is 0 Å². The Morgan fingerprint density at radius 2 is 1.83 bits per heavy atom. The van der Waals surface area contributed by atoms with E-state index in [0.29, 0.717) is 6.08 Å². The fourth-order valence-electron chi connectivity index (χ4n) is 1.48. The van der Waals surface area contributed by atoms with Crippen LogP contribution in [0.25, 0.3) is 0 Å². The lowest BCUT2D eigenvalue weighted by Gasteiger charge is -2.15. The number of ketones is 1.